The zero-order valence-electron chi connectivity index (χ0n) is 13.1. The van der Waals surface area contributed by atoms with E-state index in [0.717, 1.165) is 16.5 Å². The number of rotatable bonds is 5. The number of para-hydroxylation sites is 1. The van der Waals surface area contributed by atoms with Crippen molar-refractivity contribution >= 4 is 22.5 Å². The predicted molar refractivity (Wildman–Crippen MR) is 90.2 cm³/mol. The van der Waals surface area contributed by atoms with E-state index < -0.39 is 0 Å². The van der Waals surface area contributed by atoms with Gasteiger partial charge in [-0.2, -0.15) is 0 Å². The zero-order chi connectivity index (χ0) is 16.2. The molecule has 0 aliphatic heterocycles. The summed E-state index contributed by atoms with van der Waals surface area (Å²) in [5, 5.41) is 3.94. The molecule has 3 aromatic rings. The van der Waals surface area contributed by atoms with E-state index in [1.807, 2.05) is 30.5 Å². The van der Waals surface area contributed by atoms with Gasteiger partial charge in [-0.25, -0.2) is 0 Å². The molecule has 23 heavy (non-hydrogen) atoms. The van der Waals surface area contributed by atoms with Crippen LogP contribution in [0.1, 0.15) is 5.56 Å². The van der Waals surface area contributed by atoms with Crippen molar-refractivity contribution in [1.82, 2.24) is 4.98 Å². The topological polar surface area (TPSA) is 63.3 Å². The lowest BCUT2D eigenvalue weighted by Gasteiger charge is -2.11. The van der Waals surface area contributed by atoms with E-state index in [4.69, 9.17) is 9.47 Å². The summed E-state index contributed by atoms with van der Waals surface area (Å²) in [5.41, 5.74) is 2.61. The minimum Gasteiger partial charge on any atom is -0.497 e. The molecule has 0 atom stereocenters. The predicted octanol–water partition coefficient (Wildman–Crippen LogP) is 3.37. The number of hydrogen-bond acceptors (Lipinski definition) is 3. The summed E-state index contributed by atoms with van der Waals surface area (Å²) >= 11 is 0. The maximum atomic E-state index is 12.3. The van der Waals surface area contributed by atoms with E-state index in [2.05, 4.69) is 10.3 Å². The van der Waals surface area contributed by atoms with Gasteiger partial charge in [0, 0.05) is 23.2 Å². The first kappa shape index (κ1) is 15.0. The van der Waals surface area contributed by atoms with E-state index in [0.29, 0.717) is 23.6 Å². The average molecular weight is 310 g/mol. The van der Waals surface area contributed by atoms with Crippen LogP contribution in [0.4, 0.5) is 5.69 Å². The molecular formula is C18H18N2O3. The van der Waals surface area contributed by atoms with Crippen LogP contribution in [0.15, 0.2) is 48.7 Å². The number of anilines is 1. The molecule has 1 aromatic heterocycles. The normalized spacial score (nSPS) is 10.5. The number of aromatic amines is 1. The van der Waals surface area contributed by atoms with Gasteiger partial charge in [0.15, 0.2) is 0 Å². The highest BCUT2D eigenvalue weighted by Crippen LogP contribution is 2.29. The zero-order valence-corrected chi connectivity index (χ0v) is 13.1. The minimum atomic E-state index is -0.0989. The van der Waals surface area contributed by atoms with E-state index in [9.17, 15) is 4.79 Å². The second kappa shape index (κ2) is 6.44. The highest BCUT2D eigenvalue weighted by Gasteiger charge is 2.12. The molecule has 0 saturated carbocycles. The molecule has 1 heterocycles. The molecule has 5 nitrogen and oxygen atoms in total. The van der Waals surface area contributed by atoms with Gasteiger partial charge in [0.1, 0.15) is 11.5 Å². The first-order chi connectivity index (χ1) is 11.2. The lowest BCUT2D eigenvalue weighted by molar-refractivity contribution is -0.115. The SMILES string of the molecule is COc1ccc(NC(=O)Cc2c[nH]c3ccccc23)c(OC)c1. The quantitative estimate of drug-likeness (QED) is 0.759. The fourth-order valence-electron chi connectivity index (χ4n) is 2.55. The van der Waals surface area contributed by atoms with Gasteiger partial charge in [-0.1, -0.05) is 18.2 Å². The van der Waals surface area contributed by atoms with Gasteiger partial charge in [-0.15, -0.1) is 0 Å². The third-order valence-corrected chi connectivity index (χ3v) is 3.71. The standard InChI is InChI=1S/C18H18N2O3/c1-22-13-7-8-16(17(10-13)23-2)20-18(21)9-12-11-19-15-6-4-3-5-14(12)15/h3-8,10-11,19H,9H2,1-2H3,(H,20,21). The van der Waals surface area contributed by atoms with E-state index in [-0.39, 0.29) is 5.91 Å². The first-order valence-corrected chi connectivity index (χ1v) is 7.28. The third kappa shape index (κ3) is 3.13. The van der Waals surface area contributed by atoms with Crippen LogP contribution in [0.2, 0.25) is 0 Å². The Morgan fingerprint density at radius 1 is 1.13 bits per heavy atom. The molecule has 1 amide bonds. The molecule has 2 N–H and O–H groups in total. The van der Waals surface area contributed by atoms with Crippen molar-refractivity contribution in [2.75, 3.05) is 19.5 Å². The van der Waals surface area contributed by atoms with Crippen LogP contribution in [-0.4, -0.2) is 25.1 Å². The van der Waals surface area contributed by atoms with Crippen molar-refractivity contribution in [3.05, 3.63) is 54.2 Å². The van der Waals surface area contributed by atoms with Gasteiger partial charge >= 0.3 is 0 Å². The molecule has 0 aliphatic carbocycles. The van der Waals surface area contributed by atoms with Crippen molar-refractivity contribution < 1.29 is 14.3 Å². The highest BCUT2D eigenvalue weighted by atomic mass is 16.5. The molecule has 5 heteroatoms. The molecule has 118 valence electrons. The molecule has 3 rings (SSSR count). The summed E-state index contributed by atoms with van der Waals surface area (Å²) in [6.45, 7) is 0. The number of amides is 1. The Hall–Kier alpha value is -2.95. The van der Waals surface area contributed by atoms with E-state index >= 15 is 0 Å². The Balaban J connectivity index is 1.77. The smallest absolute Gasteiger partial charge is 0.228 e. The largest absolute Gasteiger partial charge is 0.497 e. The van der Waals surface area contributed by atoms with Crippen LogP contribution in [-0.2, 0) is 11.2 Å². The van der Waals surface area contributed by atoms with Crippen LogP contribution < -0.4 is 14.8 Å². The molecule has 0 aliphatic rings. The van der Waals surface area contributed by atoms with Crippen molar-refractivity contribution in [1.29, 1.82) is 0 Å². The fraction of sp³-hybridized carbons (Fsp3) is 0.167. The van der Waals surface area contributed by atoms with Gasteiger partial charge in [0.25, 0.3) is 0 Å². The number of ether oxygens (including phenoxy) is 2. The van der Waals surface area contributed by atoms with Gasteiger partial charge in [0.05, 0.1) is 26.3 Å². The maximum Gasteiger partial charge on any atom is 0.228 e. The Morgan fingerprint density at radius 3 is 2.74 bits per heavy atom. The van der Waals surface area contributed by atoms with Crippen LogP contribution >= 0.6 is 0 Å². The molecule has 0 saturated heterocycles. The summed E-state index contributed by atoms with van der Waals surface area (Å²) in [5.74, 6) is 1.14. The Labute approximate surface area is 134 Å². The molecular weight excluding hydrogens is 292 g/mol. The number of fused-ring (bicyclic) bond motifs is 1. The molecule has 0 bridgehead atoms. The summed E-state index contributed by atoms with van der Waals surface area (Å²) in [6, 6.07) is 13.2. The van der Waals surface area contributed by atoms with Crippen LogP contribution in [0.25, 0.3) is 10.9 Å². The number of carbonyl (C=O) groups excluding carboxylic acids is 1. The number of nitrogens with one attached hydrogen (secondary N) is 2. The minimum absolute atomic E-state index is 0.0989. The number of methoxy groups -OCH3 is 2. The number of carbonyl (C=O) groups is 1. The lowest BCUT2D eigenvalue weighted by atomic mass is 10.1. The fourth-order valence-corrected chi connectivity index (χ4v) is 2.55. The third-order valence-electron chi connectivity index (χ3n) is 3.71. The lowest BCUT2D eigenvalue weighted by Crippen LogP contribution is -2.14. The van der Waals surface area contributed by atoms with Gasteiger partial charge in [0.2, 0.25) is 5.91 Å². The monoisotopic (exact) mass is 310 g/mol. The van der Waals surface area contributed by atoms with Gasteiger partial charge in [-0.3, -0.25) is 4.79 Å². The maximum absolute atomic E-state index is 12.3. The van der Waals surface area contributed by atoms with Gasteiger partial charge < -0.3 is 19.8 Å². The van der Waals surface area contributed by atoms with E-state index in [1.165, 1.54) is 0 Å². The Bertz CT molecular complexity index is 839. The molecule has 0 fully saturated rings. The van der Waals surface area contributed by atoms with Crippen LogP contribution in [0.5, 0.6) is 11.5 Å². The van der Waals surface area contributed by atoms with E-state index in [1.54, 1.807) is 32.4 Å². The summed E-state index contributed by atoms with van der Waals surface area (Å²) in [4.78, 5) is 15.5. The molecule has 2 aromatic carbocycles. The Kier molecular flexibility index (Phi) is 4.19. The van der Waals surface area contributed by atoms with Crippen molar-refractivity contribution in [2.24, 2.45) is 0 Å². The summed E-state index contributed by atoms with van der Waals surface area (Å²) < 4.78 is 10.4. The first-order valence-electron chi connectivity index (χ1n) is 7.28. The van der Waals surface area contributed by atoms with Crippen molar-refractivity contribution in [3.63, 3.8) is 0 Å². The molecule has 0 radical (unpaired) electrons. The number of H-pyrrole nitrogens is 1. The highest BCUT2D eigenvalue weighted by molar-refractivity contribution is 5.96. The van der Waals surface area contributed by atoms with Gasteiger partial charge in [-0.05, 0) is 23.8 Å². The Morgan fingerprint density at radius 2 is 1.96 bits per heavy atom. The average Bonchev–Trinajstić information content (AvgIpc) is 2.98. The molecule has 0 unspecified atom stereocenters. The second-order valence-corrected chi connectivity index (χ2v) is 5.15. The van der Waals surface area contributed by atoms with Crippen LogP contribution in [0.3, 0.4) is 0 Å². The summed E-state index contributed by atoms with van der Waals surface area (Å²) in [6.07, 6.45) is 2.16. The number of hydrogen-bond donors (Lipinski definition) is 2. The van der Waals surface area contributed by atoms with Crippen molar-refractivity contribution in [3.8, 4) is 11.5 Å². The number of aromatic nitrogens is 1. The number of benzene rings is 2. The molecule has 0 spiro atoms. The van der Waals surface area contributed by atoms with Crippen molar-refractivity contribution in [2.45, 2.75) is 6.42 Å². The summed E-state index contributed by atoms with van der Waals surface area (Å²) in [7, 11) is 3.15. The second-order valence-electron chi connectivity index (χ2n) is 5.15. The van der Waals surface area contributed by atoms with Crippen LogP contribution in [0, 0.1) is 0 Å².